The number of carbonyl (C=O) groups is 2. The summed E-state index contributed by atoms with van der Waals surface area (Å²) in [6.45, 7) is 0. The molecule has 1 aliphatic rings. The first kappa shape index (κ1) is 16.3. The number of ether oxygens (including phenoxy) is 1. The van der Waals surface area contributed by atoms with Gasteiger partial charge in [-0.1, -0.05) is 18.2 Å². The molecule has 5 rings (SSSR count). The maximum atomic E-state index is 12.8. The van der Waals surface area contributed by atoms with Crippen molar-refractivity contribution >= 4 is 44.8 Å². The number of amides is 2. The summed E-state index contributed by atoms with van der Waals surface area (Å²) in [7, 11) is 1.54. The zero-order chi connectivity index (χ0) is 19.4. The number of methoxy groups -OCH3 is 1. The molecule has 28 heavy (non-hydrogen) atoms. The number of nitrogens with zero attached hydrogens (tertiary/aromatic N) is 1. The van der Waals surface area contributed by atoms with E-state index in [1.165, 1.54) is 13.4 Å². The lowest BCUT2D eigenvalue weighted by Gasteiger charge is -2.03. The highest BCUT2D eigenvalue weighted by Crippen LogP contribution is 2.41. The van der Waals surface area contributed by atoms with E-state index in [1.54, 1.807) is 24.4 Å². The lowest BCUT2D eigenvalue weighted by atomic mass is 9.95. The molecule has 2 N–H and O–H groups in total. The number of furan rings is 1. The van der Waals surface area contributed by atoms with E-state index in [0.717, 1.165) is 10.9 Å². The number of imide groups is 1. The fourth-order valence-corrected chi connectivity index (χ4v) is 3.62. The van der Waals surface area contributed by atoms with E-state index < -0.39 is 11.8 Å². The summed E-state index contributed by atoms with van der Waals surface area (Å²) in [6.07, 6.45) is 3.08. The highest BCUT2D eigenvalue weighted by atomic mass is 16.5. The van der Waals surface area contributed by atoms with Crippen LogP contribution in [0.3, 0.4) is 0 Å². The molecule has 0 bridgehead atoms. The van der Waals surface area contributed by atoms with E-state index >= 15 is 0 Å². The minimum absolute atomic E-state index is 0.0873. The molecule has 138 valence electrons. The van der Waals surface area contributed by atoms with Crippen LogP contribution >= 0.6 is 0 Å². The van der Waals surface area contributed by atoms with Crippen molar-refractivity contribution in [3.05, 3.63) is 66.1 Å². The quantitative estimate of drug-likeness (QED) is 0.422. The van der Waals surface area contributed by atoms with Crippen LogP contribution in [0.4, 0.5) is 0 Å². The van der Waals surface area contributed by atoms with Crippen molar-refractivity contribution in [1.82, 2.24) is 10.0 Å². The first-order chi connectivity index (χ1) is 13.6. The third-order valence-electron chi connectivity index (χ3n) is 4.97. The Bertz CT molecular complexity index is 1310. The molecule has 0 atom stereocenters. The van der Waals surface area contributed by atoms with Crippen LogP contribution in [0, 0.1) is 0 Å². The molecule has 4 aromatic rings. The number of para-hydroxylation sites is 1. The average Bonchev–Trinajstić information content (AvgIpc) is 3.39. The summed E-state index contributed by atoms with van der Waals surface area (Å²) in [5, 5.41) is 11.6. The highest BCUT2D eigenvalue weighted by molar-refractivity contribution is 6.50. The van der Waals surface area contributed by atoms with Gasteiger partial charge in [-0.05, 0) is 24.3 Å². The summed E-state index contributed by atoms with van der Waals surface area (Å²) in [5.41, 5.74) is 2.53. The maximum Gasteiger partial charge on any atom is 0.286 e. The van der Waals surface area contributed by atoms with Gasteiger partial charge in [-0.25, -0.2) is 0 Å². The summed E-state index contributed by atoms with van der Waals surface area (Å²) in [5.74, 6) is -0.986. The van der Waals surface area contributed by atoms with Crippen LogP contribution in [-0.4, -0.2) is 34.2 Å². The topological polar surface area (TPSA) is 95.8 Å². The lowest BCUT2D eigenvalue weighted by molar-refractivity contribution is -0.168. The van der Waals surface area contributed by atoms with Gasteiger partial charge in [0.1, 0.15) is 11.3 Å². The van der Waals surface area contributed by atoms with E-state index in [2.05, 4.69) is 4.98 Å². The van der Waals surface area contributed by atoms with Crippen LogP contribution in [0.25, 0.3) is 33.0 Å². The molecular formula is C21H14N2O5. The Morgan fingerprint density at radius 2 is 1.75 bits per heavy atom. The van der Waals surface area contributed by atoms with Crippen molar-refractivity contribution in [3.8, 4) is 5.75 Å². The van der Waals surface area contributed by atoms with E-state index in [1.807, 2.05) is 24.3 Å². The van der Waals surface area contributed by atoms with Crippen LogP contribution in [-0.2, 0) is 9.59 Å². The molecular weight excluding hydrogens is 360 g/mol. The Labute approximate surface area is 158 Å². The number of hydroxylamine groups is 2. The third-order valence-corrected chi connectivity index (χ3v) is 4.97. The van der Waals surface area contributed by atoms with E-state index in [0.29, 0.717) is 27.8 Å². The standard InChI is InChI=1S/C21H14N2O5/c1-27-11-6-7-17-13(8-11)15(10-28-17)19-18(20(24)23(26)21(19)25)14-9-22-16-5-3-2-4-12(14)16/h2-10,22,26H,1H3. The summed E-state index contributed by atoms with van der Waals surface area (Å²) in [6, 6.07) is 12.6. The van der Waals surface area contributed by atoms with E-state index in [-0.39, 0.29) is 16.2 Å². The fourth-order valence-electron chi connectivity index (χ4n) is 3.62. The number of H-pyrrole nitrogens is 1. The maximum absolute atomic E-state index is 12.8. The number of aromatic nitrogens is 1. The van der Waals surface area contributed by atoms with Crippen LogP contribution in [0.1, 0.15) is 11.1 Å². The molecule has 0 spiro atoms. The molecule has 2 amide bonds. The minimum Gasteiger partial charge on any atom is -0.497 e. The molecule has 7 heteroatoms. The molecule has 2 aromatic heterocycles. The Morgan fingerprint density at radius 3 is 2.54 bits per heavy atom. The number of aromatic amines is 1. The average molecular weight is 374 g/mol. The largest absolute Gasteiger partial charge is 0.497 e. The number of hydrogen-bond donors (Lipinski definition) is 2. The highest BCUT2D eigenvalue weighted by Gasteiger charge is 2.41. The Hall–Kier alpha value is -3.84. The van der Waals surface area contributed by atoms with Crippen LogP contribution < -0.4 is 4.74 Å². The number of nitrogens with one attached hydrogen (secondary N) is 1. The molecule has 3 heterocycles. The lowest BCUT2D eigenvalue weighted by Crippen LogP contribution is -2.27. The molecule has 0 radical (unpaired) electrons. The first-order valence-electron chi connectivity index (χ1n) is 8.54. The van der Waals surface area contributed by atoms with Gasteiger partial charge in [-0.2, -0.15) is 0 Å². The van der Waals surface area contributed by atoms with Gasteiger partial charge < -0.3 is 14.1 Å². The molecule has 0 aliphatic carbocycles. The van der Waals surface area contributed by atoms with Gasteiger partial charge in [0.15, 0.2) is 0 Å². The van der Waals surface area contributed by atoms with Gasteiger partial charge in [0.25, 0.3) is 11.8 Å². The van der Waals surface area contributed by atoms with E-state index in [9.17, 15) is 14.8 Å². The molecule has 7 nitrogen and oxygen atoms in total. The summed E-state index contributed by atoms with van der Waals surface area (Å²) in [4.78, 5) is 28.6. The van der Waals surface area contributed by atoms with Gasteiger partial charge in [-0.15, -0.1) is 5.06 Å². The van der Waals surface area contributed by atoms with Crippen molar-refractivity contribution < 1.29 is 24.0 Å². The molecule has 0 unspecified atom stereocenters. The number of benzene rings is 2. The van der Waals surface area contributed by atoms with Gasteiger partial charge in [0.2, 0.25) is 0 Å². The van der Waals surface area contributed by atoms with Gasteiger partial charge in [0.05, 0.1) is 24.5 Å². The second kappa shape index (κ2) is 5.83. The third kappa shape index (κ3) is 2.14. The zero-order valence-corrected chi connectivity index (χ0v) is 14.7. The van der Waals surface area contributed by atoms with E-state index in [4.69, 9.17) is 9.15 Å². The van der Waals surface area contributed by atoms with Gasteiger partial charge in [0, 0.05) is 33.6 Å². The number of rotatable bonds is 3. The molecule has 2 aromatic carbocycles. The van der Waals surface area contributed by atoms with Crippen LogP contribution in [0.5, 0.6) is 5.75 Å². The van der Waals surface area contributed by atoms with Crippen molar-refractivity contribution in [3.63, 3.8) is 0 Å². The van der Waals surface area contributed by atoms with Crippen molar-refractivity contribution in [2.24, 2.45) is 0 Å². The summed E-state index contributed by atoms with van der Waals surface area (Å²) < 4.78 is 10.8. The molecule has 0 saturated heterocycles. The van der Waals surface area contributed by atoms with Crippen molar-refractivity contribution in [2.75, 3.05) is 7.11 Å². The smallest absolute Gasteiger partial charge is 0.286 e. The second-order valence-corrected chi connectivity index (χ2v) is 6.43. The number of hydrogen-bond acceptors (Lipinski definition) is 5. The fraction of sp³-hybridized carbons (Fsp3) is 0.0476. The molecule has 0 fully saturated rings. The predicted molar refractivity (Wildman–Crippen MR) is 102 cm³/mol. The number of carbonyl (C=O) groups excluding carboxylic acids is 2. The van der Waals surface area contributed by atoms with Gasteiger partial charge in [-0.3, -0.25) is 14.8 Å². The Balaban J connectivity index is 1.84. The SMILES string of the molecule is COc1ccc2occ(C3=C(c4c[nH]c5ccccc45)C(=O)N(O)C3=O)c2c1. The zero-order valence-electron chi connectivity index (χ0n) is 14.7. The predicted octanol–water partition coefficient (Wildman–Crippen LogP) is 3.59. The van der Waals surface area contributed by atoms with Crippen LogP contribution in [0.15, 0.2) is 59.3 Å². The first-order valence-corrected chi connectivity index (χ1v) is 8.54. The Morgan fingerprint density at radius 1 is 1.00 bits per heavy atom. The minimum atomic E-state index is -0.796. The Kier molecular flexibility index (Phi) is 3.40. The second-order valence-electron chi connectivity index (χ2n) is 6.43. The molecule has 1 aliphatic heterocycles. The van der Waals surface area contributed by atoms with Gasteiger partial charge >= 0.3 is 0 Å². The molecule has 0 saturated carbocycles. The normalized spacial score (nSPS) is 14.7. The monoisotopic (exact) mass is 374 g/mol. The van der Waals surface area contributed by atoms with Crippen molar-refractivity contribution in [2.45, 2.75) is 0 Å². The number of fused-ring (bicyclic) bond motifs is 2. The van der Waals surface area contributed by atoms with Crippen molar-refractivity contribution in [1.29, 1.82) is 0 Å². The van der Waals surface area contributed by atoms with Crippen LogP contribution in [0.2, 0.25) is 0 Å². The summed E-state index contributed by atoms with van der Waals surface area (Å²) >= 11 is 0.